The number of nitrogens with zero attached hydrogens (tertiary/aromatic N) is 2. The Hall–Kier alpha value is -5.42. The topological polar surface area (TPSA) is 190 Å². The molecule has 0 radical (unpaired) electrons. The number of sulfone groups is 1. The zero-order valence-corrected chi connectivity index (χ0v) is 29.8. The fourth-order valence-corrected chi connectivity index (χ4v) is 5.99. The fraction of sp³-hybridized carbons (Fsp3) is 0.314. The number of amides is 2. The van der Waals surface area contributed by atoms with Gasteiger partial charge in [-0.15, -0.1) is 0 Å². The molecule has 52 heavy (non-hydrogen) atoms. The summed E-state index contributed by atoms with van der Waals surface area (Å²) in [6.07, 6.45) is -1.77. The van der Waals surface area contributed by atoms with Crippen molar-refractivity contribution in [1.82, 2.24) is 10.3 Å². The normalized spacial score (nSPS) is 12.0. The minimum absolute atomic E-state index is 0.0671. The number of aromatic nitrogens is 1. The van der Waals surface area contributed by atoms with E-state index in [1.807, 2.05) is 39.0 Å². The summed E-state index contributed by atoms with van der Waals surface area (Å²) in [4.78, 5) is 38.9. The summed E-state index contributed by atoms with van der Waals surface area (Å²) in [5, 5.41) is 15.8. The van der Waals surface area contributed by atoms with E-state index in [0.29, 0.717) is 40.6 Å². The van der Waals surface area contributed by atoms with Gasteiger partial charge in [0.05, 0.1) is 29.0 Å². The van der Waals surface area contributed by atoms with E-state index in [4.69, 9.17) is 25.2 Å². The molecule has 0 spiro atoms. The second-order valence-electron chi connectivity index (χ2n) is 11.5. The van der Waals surface area contributed by atoms with E-state index in [1.54, 1.807) is 49.6 Å². The Morgan fingerprint density at radius 1 is 0.981 bits per heavy atom. The number of benzene rings is 3. The molecule has 1 heterocycles. The number of anilines is 2. The number of pyridine rings is 1. The van der Waals surface area contributed by atoms with Crippen molar-refractivity contribution in [3.63, 3.8) is 0 Å². The molecule has 0 bridgehead atoms. The smallest absolute Gasteiger partial charge is 0.490 e. The van der Waals surface area contributed by atoms with E-state index in [0.717, 1.165) is 10.8 Å². The van der Waals surface area contributed by atoms with Crippen LogP contribution < -0.4 is 31.0 Å². The predicted octanol–water partition coefficient (Wildman–Crippen LogP) is 5.54. The first kappa shape index (κ1) is 41.0. The maximum absolute atomic E-state index is 14.1. The Labute approximate surface area is 298 Å². The molecule has 4 rings (SSSR count). The second kappa shape index (κ2) is 17.7. The van der Waals surface area contributed by atoms with Crippen LogP contribution in [0.1, 0.15) is 51.8 Å². The minimum Gasteiger partial charge on any atom is -0.490 e. The van der Waals surface area contributed by atoms with Crippen LogP contribution in [-0.4, -0.2) is 60.9 Å². The number of aliphatic carboxylic acids is 1. The molecule has 3 aromatic carbocycles. The average Bonchev–Trinajstić information content (AvgIpc) is 3.07. The lowest BCUT2D eigenvalue weighted by Crippen LogP contribution is -2.44. The molecular formula is C35H40F3N5O8S. The quantitative estimate of drug-likeness (QED) is 0.0992. The Morgan fingerprint density at radius 3 is 2.27 bits per heavy atom. The van der Waals surface area contributed by atoms with Gasteiger partial charge in [-0.1, -0.05) is 19.1 Å². The summed E-state index contributed by atoms with van der Waals surface area (Å²) in [7, 11) is -3.64. The SMILES string of the molecule is CCOc1cc(C(C(=O)NCc2cc(NC(C)=O)ccc2S(=O)(=O)CC)N(N)c2ccc3cnccc3c2)ccc1OC(C)C.O=C(O)C(F)(F)F. The van der Waals surface area contributed by atoms with E-state index in [2.05, 4.69) is 15.6 Å². The zero-order chi connectivity index (χ0) is 38.8. The van der Waals surface area contributed by atoms with E-state index < -0.39 is 33.9 Å². The number of hydrogen-bond acceptors (Lipinski definition) is 10. The lowest BCUT2D eigenvalue weighted by atomic mass is 10.0. The molecule has 280 valence electrons. The molecule has 0 fully saturated rings. The monoisotopic (exact) mass is 747 g/mol. The molecule has 0 aliphatic heterocycles. The van der Waals surface area contributed by atoms with E-state index in [9.17, 15) is 31.2 Å². The van der Waals surface area contributed by atoms with Crippen molar-refractivity contribution in [3.8, 4) is 11.5 Å². The van der Waals surface area contributed by atoms with Crippen molar-refractivity contribution in [2.45, 2.75) is 64.4 Å². The molecule has 13 nitrogen and oxygen atoms in total. The van der Waals surface area contributed by atoms with Crippen LogP contribution in [0.3, 0.4) is 0 Å². The number of nitrogens with one attached hydrogen (secondary N) is 2. The van der Waals surface area contributed by atoms with Crippen LogP contribution in [-0.2, 0) is 30.8 Å². The molecule has 17 heteroatoms. The van der Waals surface area contributed by atoms with Crippen LogP contribution in [0.2, 0.25) is 0 Å². The number of carbonyl (C=O) groups excluding carboxylic acids is 2. The van der Waals surface area contributed by atoms with Gasteiger partial charge in [0.25, 0.3) is 0 Å². The summed E-state index contributed by atoms with van der Waals surface area (Å²) in [6.45, 7) is 8.81. The summed E-state index contributed by atoms with van der Waals surface area (Å²) >= 11 is 0. The lowest BCUT2D eigenvalue weighted by Gasteiger charge is -2.30. The Bertz CT molecular complexity index is 2010. The number of alkyl halides is 3. The van der Waals surface area contributed by atoms with Crippen LogP contribution in [0, 0.1) is 0 Å². The van der Waals surface area contributed by atoms with Gasteiger partial charge in [-0.25, -0.2) is 19.1 Å². The number of halogens is 3. The van der Waals surface area contributed by atoms with Gasteiger partial charge >= 0.3 is 12.1 Å². The Balaban J connectivity index is 0.000000944. The standard InChI is InChI=1S/C33H39N5O6S.C2HF3O2/c1-6-43-30-18-24(9-12-29(30)44-21(3)4)32(38(34)28-11-8-25-19-35-15-14-23(25)17-28)33(40)36-20-26-16-27(37-22(5)39)10-13-31(26)45(41,42)7-2;3-2(4,5)1(6)7/h8-19,21,32H,6-7,20,34H2,1-5H3,(H,36,40)(H,37,39);(H,6,7). The van der Waals surface area contributed by atoms with Gasteiger partial charge in [-0.2, -0.15) is 13.2 Å². The summed E-state index contributed by atoms with van der Waals surface area (Å²) in [6, 6.07) is 16.0. The molecule has 5 N–H and O–H groups in total. The van der Waals surface area contributed by atoms with Gasteiger partial charge in [-0.05, 0) is 85.8 Å². The number of carbonyl (C=O) groups is 3. The van der Waals surface area contributed by atoms with Crippen molar-refractivity contribution < 1.29 is 50.6 Å². The van der Waals surface area contributed by atoms with Gasteiger partial charge in [0.2, 0.25) is 11.8 Å². The van der Waals surface area contributed by atoms with Crippen molar-refractivity contribution in [2.75, 3.05) is 22.7 Å². The van der Waals surface area contributed by atoms with Gasteiger partial charge in [-0.3, -0.25) is 19.6 Å². The summed E-state index contributed by atoms with van der Waals surface area (Å²) < 4.78 is 69.3. The average molecular weight is 748 g/mol. The van der Waals surface area contributed by atoms with Crippen molar-refractivity contribution in [2.24, 2.45) is 5.84 Å². The fourth-order valence-electron chi connectivity index (χ4n) is 4.87. The molecule has 2 amide bonds. The molecule has 1 aromatic heterocycles. The van der Waals surface area contributed by atoms with Crippen molar-refractivity contribution in [3.05, 3.63) is 84.2 Å². The van der Waals surface area contributed by atoms with Gasteiger partial charge in [0.15, 0.2) is 21.3 Å². The van der Waals surface area contributed by atoms with E-state index in [-0.39, 0.29) is 29.2 Å². The number of carboxylic acids is 1. The second-order valence-corrected chi connectivity index (χ2v) is 13.7. The highest BCUT2D eigenvalue weighted by molar-refractivity contribution is 7.91. The minimum atomic E-state index is -5.08. The Kier molecular flexibility index (Phi) is 13.9. The summed E-state index contributed by atoms with van der Waals surface area (Å²) in [5.74, 6) is 4.02. The van der Waals surface area contributed by atoms with Gasteiger partial charge in [0, 0.05) is 36.9 Å². The molecule has 4 aromatic rings. The van der Waals surface area contributed by atoms with Crippen LogP contribution in [0.5, 0.6) is 11.5 Å². The van der Waals surface area contributed by atoms with Crippen LogP contribution in [0.4, 0.5) is 24.5 Å². The number of hydrogen-bond donors (Lipinski definition) is 4. The third-order valence-corrected chi connectivity index (χ3v) is 9.01. The third kappa shape index (κ3) is 11.0. The van der Waals surface area contributed by atoms with E-state index >= 15 is 0 Å². The highest BCUT2D eigenvalue weighted by Crippen LogP contribution is 2.35. The number of hydrazine groups is 1. The number of carboxylic acid groups (broad SMARTS) is 1. The first-order valence-corrected chi connectivity index (χ1v) is 17.5. The van der Waals surface area contributed by atoms with Crippen LogP contribution in [0.25, 0.3) is 10.8 Å². The molecular weight excluding hydrogens is 707 g/mol. The maximum Gasteiger partial charge on any atom is 0.490 e. The van der Waals surface area contributed by atoms with E-state index in [1.165, 1.54) is 24.1 Å². The summed E-state index contributed by atoms with van der Waals surface area (Å²) in [5.41, 5.74) is 1.83. The van der Waals surface area contributed by atoms with Crippen LogP contribution >= 0.6 is 0 Å². The number of nitrogens with two attached hydrogens (primary N) is 1. The first-order valence-electron chi connectivity index (χ1n) is 15.9. The van der Waals surface area contributed by atoms with Crippen molar-refractivity contribution >= 4 is 49.8 Å². The molecule has 1 atom stereocenters. The zero-order valence-electron chi connectivity index (χ0n) is 29.0. The number of ether oxygens (including phenoxy) is 2. The molecule has 0 saturated carbocycles. The molecule has 0 aliphatic rings. The maximum atomic E-state index is 14.1. The molecule has 0 saturated heterocycles. The molecule has 0 aliphatic carbocycles. The van der Waals surface area contributed by atoms with Crippen molar-refractivity contribution in [1.29, 1.82) is 0 Å². The van der Waals surface area contributed by atoms with Gasteiger partial charge < -0.3 is 25.2 Å². The molecule has 1 unspecified atom stereocenters. The Morgan fingerprint density at radius 2 is 1.67 bits per heavy atom. The lowest BCUT2D eigenvalue weighted by molar-refractivity contribution is -0.192. The first-order chi connectivity index (χ1) is 24.4. The van der Waals surface area contributed by atoms with Gasteiger partial charge in [0.1, 0.15) is 6.04 Å². The highest BCUT2D eigenvalue weighted by atomic mass is 32.2. The third-order valence-electron chi connectivity index (χ3n) is 7.19. The highest BCUT2D eigenvalue weighted by Gasteiger charge is 2.38. The number of rotatable bonds is 13. The van der Waals surface area contributed by atoms with Crippen LogP contribution in [0.15, 0.2) is 78.0 Å². The predicted molar refractivity (Wildman–Crippen MR) is 189 cm³/mol. The number of fused-ring (bicyclic) bond motifs is 1. The largest absolute Gasteiger partial charge is 0.490 e.